The number of aryl methyl sites for hydroxylation is 1. The highest BCUT2D eigenvalue weighted by molar-refractivity contribution is 5.86. The molecule has 0 aliphatic heterocycles. The summed E-state index contributed by atoms with van der Waals surface area (Å²) in [6.45, 7) is 1.84. The van der Waals surface area contributed by atoms with E-state index in [4.69, 9.17) is 5.41 Å². The van der Waals surface area contributed by atoms with Crippen LogP contribution >= 0.6 is 0 Å². The third kappa shape index (κ3) is 1.32. The summed E-state index contributed by atoms with van der Waals surface area (Å²) >= 11 is 0. The lowest BCUT2D eigenvalue weighted by Crippen LogP contribution is -1.85. The summed E-state index contributed by atoms with van der Waals surface area (Å²) in [4.78, 5) is 10.2. The van der Waals surface area contributed by atoms with Crippen molar-refractivity contribution in [1.29, 1.82) is 5.41 Å². The highest BCUT2D eigenvalue weighted by Crippen LogP contribution is 2.19. The van der Waals surface area contributed by atoms with Gasteiger partial charge in [-0.1, -0.05) is 12.1 Å². The lowest BCUT2D eigenvalue weighted by Gasteiger charge is -1.98. The molecule has 0 spiro atoms. The molecule has 11 heavy (non-hydrogen) atoms. The van der Waals surface area contributed by atoms with Crippen LogP contribution in [-0.4, -0.2) is 6.21 Å². The van der Waals surface area contributed by atoms with Gasteiger partial charge in [0, 0.05) is 11.8 Å². The second kappa shape index (κ2) is 3.05. The molecule has 0 bridgehead atoms. The van der Waals surface area contributed by atoms with Crippen molar-refractivity contribution in [3.05, 3.63) is 34.2 Å². The van der Waals surface area contributed by atoms with Gasteiger partial charge in [-0.05, 0) is 23.7 Å². The Labute approximate surface area is 64.5 Å². The van der Waals surface area contributed by atoms with Gasteiger partial charge >= 0.3 is 0 Å². The van der Waals surface area contributed by atoms with Crippen molar-refractivity contribution in [2.24, 2.45) is 5.18 Å². The number of nitrogens with one attached hydrogen (secondary N) is 1. The zero-order chi connectivity index (χ0) is 8.27. The molecule has 1 aromatic rings. The first kappa shape index (κ1) is 7.60. The van der Waals surface area contributed by atoms with Gasteiger partial charge in [-0.3, -0.25) is 0 Å². The average molecular weight is 148 g/mol. The minimum atomic E-state index is 0.333. The smallest absolute Gasteiger partial charge is 0.117 e. The van der Waals surface area contributed by atoms with Crippen LogP contribution in [0.2, 0.25) is 0 Å². The number of benzene rings is 1. The van der Waals surface area contributed by atoms with Crippen LogP contribution in [0.4, 0.5) is 5.69 Å². The Balaban J connectivity index is 3.35. The summed E-state index contributed by atoms with van der Waals surface area (Å²) in [7, 11) is 0. The average Bonchev–Trinajstić information content (AvgIpc) is 2.04. The third-order valence-electron chi connectivity index (χ3n) is 1.54. The molecule has 0 aromatic heterocycles. The van der Waals surface area contributed by atoms with E-state index in [-0.39, 0.29) is 0 Å². The van der Waals surface area contributed by atoms with Crippen LogP contribution in [0.3, 0.4) is 0 Å². The maximum atomic E-state index is 10.2. The monoisotopic (exact) mass is 148 g/mol. The van der Waals surface area contributed by atoms with Gasteiger partial charge in [0.2, 0.25) is 0 Å². The standard InChI is InChI=1S/C8H8N2O/c1-6-3-2-4-8(10-11)7(6)5-9/h2-5,9H,1H3. The van der Waals surface area contributed by atoms with E-state index < -0.39 is 0 Å². The van der Waals surface area contributed by atoms with E-state index in [9.17, 15) is 4.91 Å². The number of nitroso groups, excluding NO2 is 1. The molecule has 0 unspecified atom stereocenters. The highest BCUT2D eigenvalue weighted by Gasteiger charge is 2.01. The zero-order valence-electron chi connectivity index (χ0n) is 6.16. The largest absolute Gasteiger partial charge is 0.308 e. The van der Waals surface area contributed by atoms with Gasteiger partial charge in [-0.25, -0.2) is 0 Å². The summed E-state index contributed by atoms with van der Waals surface area (Å²) in [6.07, 6.45) is 1.14. The fourth-order valence-corrected chi connectivity index (χ4v) is 0.933. The third-order valence-corrected chi connectivity index (χ3v) is 1.54. The minimum absolute atomic E-state index is 0.333. The van der Waals surface area contributed by atoms with Crippen molar-refractivity contribution in [3.8, 4) is 0 Å². The molecule has 0 saturated heterocycles. The number of rotatable bonds is 2. The lowest BCUT2D eigenvalue weighted by molar-refractivity contribution is 1.38. The van der Waals surface area contributed by atoms with E-state index in [2.05, 4.69) is 5.18 Å². The van der Waals surface area contributed by atoms with E-state index in [1.807, 2.05) is 13.0 Å². The normalized spacial score (nSPS) is 9.18. The van der Waals surface area contributed by atoms with Gasteiger partial charge in [-0.2, -0.15) is 0 Å². The maximum absolute atomic E-state index is 10.2. The van der Waals surface area contributed by atoms with Gasteiger partial charge in [0.25, 0.3) is 0 Å². The quantitative estimate of drug-likeness (QED) is 0.508. The van der Waals surface area contributed by atoms with Crippen LogP contribution in [-0.2, 0) is 0 Å². The summed E-state index contributed by atoms with van der Waals surface area (Å²) in [5.41, 5.74) is 1.83. The second-order valence-electron chi connectivity index (χ2n) is 2.24. The van der Waals surface area contributed by atoms with Crippen LogP contribution in [0.25, 0.3) is 0 Å². The van der Waals surface area contributed by atoms with Crippen LogP contribution in [0.1, 0.15) is 11.1 Å². The lowest BCUT2D eigenvalue weighted by atomic mass is 10.1. The summed E-state index contributed by atoms with van der Waals surface area (Å²) < 4.78 is 0. The Hall–Kier alpha value is -1.51. The molecule has 1 rings (SSSR count). The van der Waals surface area contributed by atoms with E-state index >= 15 is 0 Å². The minimum Gasteiger partial charge on any atom is -0.308 e. The van der Waals surface area contributed by atoms with E-state index in [0.717, 1.165) is 11.8 Å². The molecule has 0 radical (unpaired) electrons. The van der Waals surface area contributed by atoms with Gasteiger partial charge in [0.15, 0.2) is 0 Å². The molecule has 0 saturated carbocycles. The molecule has 0 aliphatic rings. The molecular weight excluding hydrogens is 140 g/mol. The number of hydrogen-bond acceptors (Lipinski definition) is 3. The molecule has 56 valence electrons. The van der Waals surface area contributed by atoms with Crippen molar-refractivity contribution in [2.45, 2.75) is 6.92 Å². The summed E-state index contributed by atoms with van der Waals surface area (Å²) in [5.74, 6) is 0. The first-order valence-electron chi connectivity index (χ1n) is 3.23. The fourth-order valence-electron chi connectivity index (χ4n) is 0.933. The van der Waals surface area contributed by atoms with Gasteiger partial charge < -0.3 is 5.41 Å². The first-order valence-corrected chi connectivity index (χ1v) is 3.23. The molecule has 1 N–H and O–H groups in total. The van der Waals surface area contributed by atoms with Crippen LogP contribution in [0.15, 0.2) is 23.4 Å². The molecular formula is C8H8N2O. The van der Waals surface area contributed by atoms with Crippen molar-refractivity contribution < 1.29 is 0 Å². The molecule has 3 heteroatoms. The number of hydrogen-bond donors (Lipinski definition) is 1. The molecule has 1 aromatic carbocycles. The van der Waals surface area contributed by atoms with E-state index in [1.54, 1.807) is 12.1 Å². The van der Waals surface area contributed by atoms with Gasteiger partial charge in [0.1, 0.15) is 5.69 Å². The Kier molecular flexibility index (Phi) is 2.11. The summed E-state index contributed by atoms with van der Waals surface area (Å²) in [6, 6.07) is 5.19. The number of nitrogens with zero attached hydrogens (tertiary/aromatic N) is 1. The molecule has 0 atom stereocenters. The summed E-state index contributed by atoms with van der Waals surface area (Å²) in [5, 5.41) is 9.81. The van der Waals surface area contributed by atoms with Gasteiger partial charge in [0.05, 0.1) is 0 Å². The predicted molar refractivity (Wildman–Crippen MR) is 44.5 cm³/mol. The fraction of sp³-hybridized carbons (Fsp3) is 0.125. The van der Waals surface area contributed by atoms with Crippen molar-refractivity contribution >= 4 is 11.9 Å². The highest BCUT2D eigenvalue weighted by atomic mass is 16.3. The van der Waals surface area contributed by atoms with Crippen LogP contribution in [0.5, 0.6) is 0 Å². The zero-order valence-corrected chi connectivity index (χ0v) is 6.16. The predicted octanol–water partition coefficient (Wildman–Crippen LogP) is 2.39. The van der Waals surface area contributed by atoms with E-state index in [1.165, 1.54) is 0 Å². The topological polar surface area (TPSA) is 53.3 Å². The molecule has 0 aliphatic carbocycles. The van der Waals surface area contributed by atoms with Crippen LogP contribution in [0, 0.1) is 17.2 Å². The Morgan fingerprint density at radius 2 is 2.27 bits per heavy atom. The van der Waals surface area contributed by atoms with Crippen molar-refractivity contribution in [3.63, 3.8) is 0 Å². The molecule has 0 heterocycles. The van der Waals surface area contributed by atoms with Crippen LogP contribution < -0.4 is 0 Å². The van der Waals surface area contributed by atoms with Crippen molar-refractivity contribution in [2.75, 3.05) is 0 Å². The maximum Gasteiger partial charge on any atom is 0.117 e. The molecule has 0 amide bonds. The first-order chi connectivity index (χ1) is 5.29. The Bertz CT molecular complexity index is 294. The molecule has 3 nitrogen and oxygen atoms in total. The Morgan fingerprint density at radius 3 is 2.73 bits per heavy atom. The molecule has 0 fully saturated rings. The second-order valence-corrected chi connectivity index (χ2v) is 2.24. The van der Waals surface area contributed by atoms with Gasteiger partial charge in [-0.15, -0.1) is 4.91 Å². The van der Waals surface area contributed by atoms with E-state index in [0.29, 0.717) is 11.3 Å². The Morgan fingerprint density at radius 1 is 1.55 bits per heavy atom. The SMILES string of the molecule is Cc1cccc(N=O)c1C=N. The van der Waals surface area contributed by atoms with Crippen molar-refractivity contribution in [1.82, 2.24) is 0 Å².